The van der Waals surface area contributed by atoms with Crippen LogP contribution < -0.4 is 5.32 Å². The predicted octanol–water partition coefficient (Wildman–Crippen LogP) is 2.78. The number of rotatable bonds is 6. The Hall–Kier alpha value is -2.04. The average Bonchev–Trinajstić information content (AvgIpc) is 2.38. The molecule has 0 aromatic heterocycles. The van der Waals surface area contributed by atoms with Gasteiger partial charge in [-0.2, -0.15) is 0 Å². The standard InChI is InChI=1S/C16H24N2O3/c1-12-5-7-13(8-6-12)11-18(4)15(21)17-16(2,3)10-9-14(19)20/h5-8H,9-11H2,1-4H3,(H,17,21)(H,19,20). The zero-order valence-electron chi connectivity index (χ0n) is 13.1. The normalized spacial score (nSPS) is 11.0. The van der Waals surface area contributed by atoms with Gasteiger partial charge in [0.15, 0.2) is 0 Å². The molecule has 0 saturated heterocycles. The third kappa shape index (κ3) is 6.29. The van der Waals surface area contributed by atoms with E-state index < -0.39 is 11.5 Å². The number of nitrogens with one attached hydrogen (secondary N) is 1. The molecule has 2 N–H and O–H groups in total. The maximum atomic E-state index is 12.1. The summed E-state index contributed by atoms with van der Waals surface area (Å²) in [5, 5.41) is 11.6. The summed E-state index contributed by atoms with van der Waals surface area (Å²) in [4.78, 5) is 24.3. The lowest BCUT2D eigenvalue weighted by atomic mass is 9.99. The molecule has 21 heavy (non-hydrogen) atoms. The van der Waals surface area contributed by atoms with Crippen LogP contribution >= 0.6 is 0 Å². The Labute approximate surface area is 126 Å². The van der Waals surface area contributed by atoms with Crippen molar-refractivity contribution in [3.8, 4) is 0 Å². The van der Waals surface area contributed by atoms with Crippen molar-refractivity contribution in [3.05, 3.63) is 35.4 Å². The third-order valence-electron chi connectivity index (χ3n) is 3.30. The lowest BCUT2D eigenvalue weighted by molar-refractivity contribution is -0.137. The van der Waals surface area contributed by atoms with Gasteiger partial charge in [0.1, 0.15) is 0 Å². The summed E-state index contributed by atoms with van der Waals surface area (Å²) in [7, 11) is 1.72. The van der Waals surface area contributed by atoms with Gasteiger partial charge in [-0.1, -0.05) is 29.8 Å². The van der Waals surface area contributed by atoms with E-state index in [1.165, 1.54) is 5.56 Å². The largest absolute Gasteiger partial charge is 0.481 e. The van der Waals surface area contributed by atoms with Crippen LogP contribution in [0.2, 0.25) is 0 Å². The molecule has 0 bridgehead atoms. The summed E-state index contributed by atoms with van der Waals surface area (Å²) >= 11 is 0. The molecule has 1 rings (SSSR count). The number of hydrogen-bond acceptors (Lipinski definition) is 2. The lowest BCUT2D eigenvalue weighted by Crippen LogP contribution is -2.48. The first-order chi connectivity index (χ1) is 9.69. The van der Waals surface area contributed by atoms with Crippen molar-refractivity contribution in [2.75, 3.05) is 7.05 Å². The van der Waals surface area contributed by atoms with Crippen molar-refractivity contribution in [1.82, 2.24) is 10.2 Å². The van der Waals surface area contributed by atoms with E-state index in [0.717, 1.165) is 5.56 Å². The quantitative estimate of drug-likeness (QED) is 0.847. The van der Waals surface area contributed by atoms with Crippen molar-refractivity contribution >= 4 is 12.0 Å². The Morgan fingerprint density at radius 2 is 1.81 bits per heavy atom. The number of amides is 2. The molecule has 0 saturated carbocycles. The topological polar surface area (TPSA) is 69.6 Å². The van der Waals surface area contributed by atoms with Crippen LogP contribution in [0, 0.1) is 6.92 Å². The smallest absolute Gasteiger partial charge is 0.317 e. The molecule has 0 radical (unpaired) electrons. The van der Waals surface area contributed by atoms with Gasteiger partial charge in [-0.05, 0) is 32.8 Å². The van der Waals surface area contributed by atoms with Crippen LogP contribution in [0.15, 0.2) is 24.3 Å². The predicted molar refractivity (Wildman–Crippen MR) is 82.1 cm³/mol. The molecular weight excluding hydrogens is 268 g/mol. The van der Waals surface area contributed by atoms with Gasteiger partial charge in [-0.25, -0.2) is 4.79 Å². The highest BCUT2D eigenvalue weighted by atomic mass is 16.4. The molecule has 0 unspecified atom stereocenters. The summed E-state index contributed by atoms with van der Waals surface area (Å²) in [5.74, 6) is -0.856. The number of nitrogens with zero attached hydrogens (tertiary/aromatic N) is 1. The Kier molecular flexibility index (Phi) is 5.76. The van der Waals surface area contributed by atoms with Gasteiger partial charge >= 0.3 is 12.0 Å². The van der Waals surface area contributed by atoms with Crippen LogP contribution in [-0.2, 0) is 11.3 Å². The van der Waals surface area contributed by atoms with E-state index in [0.29, 0.717) is 13.0 Å². The van der Waals surface area contributed by atoms with Crippen LogP contribution in [0.25, 0.3) is 0 Å². The number of hydrogen-bond donors (Lipinski definition) is 2. The molecule has 0 spiro atoms. The van der Waals surface area contributed by atoms with E-state index in [4.69, 9.17) is 5.11 Å². The molecule has 0 aliphatic heterocycles. The molecule has 5 heteroatoms. The van der Waals surface area contributed by atoms with Crippen LogP contribution in [0.3, 0.4) is 0 Å². The highest BCUT2D eigenvalue weighted by Crippen LogP contribution is 2.12. The lowest BCUT2D eigenvalue weighted by Gasteiger charge is -2.29. The minimum atomic E-state index is -0.856. The number of benzene rings is 1. The number of carbonyl (C=O) groups is 2. The highest BCUT2D eigenvalue weighted by molar-refractivity contribution is 5.75. The van der Waals surface area contributed by atoms with Gasteiger partial charge in [0, 0.05) is 25.6 Å². The molecule has 116 valence electrons. The molecule has 0 fully saturated rings. The van der Waals surface area contributed by atoms with Crippen LogP contribution in [0.5, 0.6) is 0 Å². The van der Waals surface area contributed by atoms with Gasteiger partial charge in [0.2, 0.25) is 0 Å². The first-order valence-electron chi connectivity index (χ1n) is 7.00. The minimum Gasteiger partial charge on any atom is -0.481 e. The fourth-order valence-corrected chi connectivity index (χ4v) is 1.91. The maximum absolute atomic E-state index is 12.1. The molecule has 0 aliphatic rings. The summed E-state index contributed by atoms with van der Waals surface area (Å²) in [6.07, 6.45) is 0.432. The van der Waals surface area contributed by atoms with Crippen LogP contribution in [-0.4, -0.2) is 34.6 Å². The Bertz CT molecular complexity index is 495. The molecule has 0 aliphatic carbocycles. The van der Waals surface area contributed by atoms with E-state index in [2.05, 4.69) is 5.32 Å². The summed E-state index contributed by atoms with van der Waals surface area (Å²) in [6, 6.07) is 7.81. The van der Waals surface area contributed by atoms with Crippen LogP contribution in [0.4, 0.5) is 4.79 Å². The summed E-state index contributed by atoms with van der Waals surface area (Å²) in [5.41, 5.74) is 1.69. The second kappa shape index (κ2) is 7.11. The van der Waals surface area contributed by atoms with Crippen molar-refractivity contribution in [3.63, 3.8) is 0 Å². The van der Waals surface area contributed by atoms with Gasteiger partial charge < -0.3 is 15.3 Å². The zero-order chi connectivity index (χ0) is 16.0. The van der Waals surface area contributed by atoms with Crippen molar-refractivity contribution in [1.29, 1.82) is 0 Å². The van der Waals surface area contributed by atoms with Crippen molar-refractivity contribution < 1.29 is 14.7 Å². The number of aliphatic carboxylic acids is 1. The fourth-order valence-electron chi connectivity index (χ4n) is 1.91. The number of carboxylic acid groups (broad SMARTS) is 1. The number of carboxylic acids is 1. The first-order valence-corrected chi connectivity index (χ1v) is 7.00. The first kappa shape index (κ1) is 17.0. The molecule has 1 aromatic carbocycles. The van der Waals surface area contributed by atoms with Gasteiger partial charge in [0.25, 0.3) is 0 Å². The molecule has 5 nitrogen and oxygen atoms in total. The summed E-state index contributed by atoms with van der Waals surface area (Å²) in [6.45, 7) is 6.19. The third-order valence-corrected chi connectivity index (χ3v) is 3.30. The van der Waals surface area contributed by atoms with Crippen LogP contribution in [0.1, 0.15) is 37.8 Å². The Balaban J connectivity index is 2.53. The Morgan fingerprint density at radius 3 is 2.33 bits per heavy atom. The van der Waals surface area contributed by atoms with Gasteiger partial charge in [-0.3, -0.25) is 4.79 Å². The van der Waals surface area contributed by atoms with E-state index in [-0.39, 0.29) is 12.5 Å². The molecule has 0 atom stereocenters. The molecule has 0 heterocycles. The van der Waals surface area contributed by atoms with Crippen molar-refractivity contribution in [2.24, 2.45) is 0 Å². The minimum absolute atomic E-state index is 0.0367. The van der Waals surface area contributed by atoms with E-state index in [1.54, 1.807) is 11.9 Å². The SMILES string of the molecule is Cc1ccc(CN(C)C(=O)NC(C)(C)CCC(=O)O)cc1. The Morgan fingerprint density at radius 1 is 1.24 bits per heavy atom. The zero-order valence-corrected chi connectivity index (χ0v) is 13.1. The molecule has 2 amide bonds. The fraction of sp³-hybridized carbons (Fsp3) is 0.500. The monoisotopic (exact) mass is 292 g/mol. The molecule has 1 aromatic rings. The number of carbonyl (C=O) groups excluding carboxylic acids is 1. The molecular formula is C16H24N2O3. The van der Waals surface area contributed by atoms with Crippen molar-refractivity contribution in [2.45, 2.75) is 45.7 Å². The van der Waals surface area contributed by atoms with E-state index in [9.17, 15) is 9.59 Å². The second-order valence-electron chi connectivity index (χ2n) is 6.05. The number of aryl methyl sites for hydroxylation is 1. The van der Waals surface area contributed by atoms with E-state index in [1.807, 2.05) is 45.0 Å². The number of urea groups is 1. The summed E-state index contributed by atoms with van der Waals surface area (Å²) < 4.78 is 0. The maximum Gasteiger partial charge on any atom is 0.317 e. The average molecular weight is 292 g/mol. The van der Waals surface area contributed by atoms with E-state index >= 15 is 0 Å². The second-order valence-corrected chi connectivity index (χ2v) is 6.05. The van der Waals surface area contributed by atoms with Gasteiger partial charge in [-0.15, -0.1) is 0 Å². The highest BCUT2D eigenvalue weighted by Gasteiger charge is 2.23. The van der Waals surface area contributed by atoms with Gasteiger partial charge in [0.05, 0.1) is 0 Å².